The van der Waals surface area contributed by atoms with Gasteiger partial charge in [0, 0.05) is 26.3 Å². The number of ether oxygens (including phenoxy) is 1. The Morgan fingerprint density at radius 3 is 2.57 bits per heavy atom. The van der Waals surface area contributed by atoms with Crippen molar-refractivity contribution in [2.75, 3.05) is 26.3 Å². The van der Waals surface area contributed by atoms with E-state index in [0.29, 0.717) is 39.1 Å². The third kappa shape index (κ3) is 3.60. The Morgan fingerprint density at radius 2 is 2.00 bits per heavy atom. The maximum Gasteiger partial charge on any atom is 0.231 e. The standard InChI is InChI=1S/C16H21N3O2/c17-8-9-19(12-14-4-2-1-3-5-14)15(20)16(13-18)6-10-21-11-7-16/h1-5H,6-7,9-13,18H2. The third-order valence-electron chi connectivity index (χ3n) is 4.06. The minimum atomic E-state index is -0.579. The average molecular weight is 287 g/mol. The zero-order chi connectivity index (χ0) is 15.1. The first-order chi connectivity index (χ1) is 10.2. The van der Waals surface area contributed by atoms with Crippen LogP contribution in [0.25, 0.3) is 0 Å². The second-order valence-corrected chi connectivity index (χ2v) is 5.40. The van der Waals surface area contributed by atoms with Gasteiger partial charge >= 0.3 is 0 Å². The van der Waals surface area contributed by atoms with E-state index in [1.54, 1.807) is 4.90 Å². The topological polar surface area (TPSA) is 79.4 Å². The average Bonchev–Trinajstić information content (AvgIpc) is 2.55. The van der Waals surface area contributed by atoms with Crippen LogP contribution >= 0.6 is 0 Å². The molecule has 21 heavy (non-hydrogen) atoms. The SMILES string of the molecule is N#CCN(Cc1ccccc1)C(=O)C1(CN)CCOCC1. The van der Waals surface area contributed by atoms with Crippen molar-refractivity contribution in [1.82, 2.24) is 4.90 Å². The summed E-state index contributed by atoms with van der Waals surface area (Å²) in [6.45, 7) is 1.92. The highest BCUT2D eigenvalue weighted by Gasteiger charge is 2.41. The minimum Gasteiger partial charge on any atom is -0.381 e. The van der Waals surface area contributed by atoms with Crippen molar-refractivity contribution in [3.8, 4) is 6.07 Å². The molecule has 0 unspecified atom stereocenters. The van der Waals surface area contributed by atoms with E-state index >= 15 is 0 Å². The molecule has 1 saturated heterocycles. The van der Waals surface area contributed by atoms with E-state index in [1.807, 2.05) is 30.3 Å². The fourth-order valence-corrected chi connectivity index (χ4v) is 2.69. The monoisotopic (exact) mass is 287 g/mol. The van der Waals surface area contributed by atoms with Crippen molar-refractivity contribution in [2.45, 2.75) is 19.4 Å². The summed E-state index contributed by atoms with van der Waals surface area (Å²) in [5.41, 5.74) is 6.32. The molecular weight excluding hydrogens is 266 g/mol. The molecular formula is C16H21N3O2. The van der Waals surface area contributed by atoms with Crippen LogP contribution < -0.4 is 5.73 Å². The van der Waals surface area contributed by atoms with Crippen LogP contribution in [-0.4, -0.2) is 37.1 Å². The number of nitrogens with two attached hydrogens (primary N) is 1. The number of nitrogens with zero attached hydrogens (tertiary/aromatic N) is 2. The highest BCUT2D eigenvalue weighted by Crippen LogP contribution is 2.32. The predicted molar refractivity (Wildman–Crippen MR) is 79.0 cm³/mol. The van der Waals surface area contributed by atoms with Gasteiger partial charge in [-0.05, 0) is 18.4 Å². The molecule has 2 N–H and O–H groups in total. The van der Waals surface area contributed by atoms with Gasteiger partial charge in [0.15, 0.2) is 0 Å². The van der Waals surface area contributed by atoms with Crippen molar-refractivity contribution in [3.05, 3.63) is 35.9 Å². The maximum absolute atomic E-state index is 12.9. The van der Waals surface area contributed by atoms with Gasteiger partial charge in [0.1, 0.15) is 6.54 Å². The summed E-state index contributed by atoms with van der Waals surface area (Å²) in [6.07, 6.45) is 1.25. The van der Waals surface area contributed by atoms with Crippen LogP contribution in [-0.2, 0) is 16.1 Å². The van der Waals surface area contributed by atoms with E-state index in [9.17, 15) is 4.79 Å². The van der Waals surface area contributed by atoms with Gasteiger partial charge in [-0.15, -0.1) is 0 Å². The minimum absolute atomic E-state index is 0.0290. The Morgan fingerprint density at radius 1 is 1.33 bits per heavy atom. The van der Waals surface area contributed by atoms with Crippen molar-refractivity contribution in [2.24, 2.45) is 11.1 Å². The molecule has 1 aliphatic rings. The van der Waals surface area contributed by atoms with Crippen LogP contribution in [0, 0.1) is 16.7 Å². The van der Waals surface area contributed by atoms with Gasteiger partial charge in [0.2, 0.25) is 5.91 Å². The second kappa shape index (κ2) is 7.21. The first-order valence-electron chi connectivity index (χ1n) is 7.20. The lowest BCUT2D eigenvalue weighted by Gasteiger charge is -2.38. The Kier molecular flexibility index (Phi) is 5.32. The first-order valence-corrected chi connectivity index (χ1v) is 7.20. The van der Waals surface area contributed by atoms with Crippen LogP contribution in [0.15, 0.2) is 30.3 Å². The molecule has 0 atom stereocenters. The fraction of sp³-hybridized carbons (Fsp3) is 0.500. The first kappa shape index (κ1) is 15.5. The Bertz CT molecular complexity index is 504. The molecule has 0 aliphatic carbocycles. The highest BCUT2D eigenvalue weighted by atomic mass is 16.5. The van der Waals surface area contributed by atoms with Crippen molar-refractivity contribution in [3.63, 3.8) is 0 Å². The van der Waals surface area contributed by atoms with Crippen LogP contribution in [0.2, 0.25) is 0 Å². The maximum atomic E-state index is 12.9. The molecule has 1 aromatic rings. The Labute approximate surface area is 125 Å². The number of rotatable bonds is 5. The Balaban J connectivity index is 2.16. The molecule has 1 amide bonds. The molecule has 1 aromatic carbocycles. The summed E-state index contributed by atoms with van der Waals surface area (Å²) >= 11 is 0. The summed E-state index contributed by atoms with van der Waals surface area (Å²) in [5, 5.41) is 9.02. The van der Waals surface area contributed by atoms with Crippen LogP contribution in [0.4, 0.5) is 0 Å². The summed E-state index contributed by atoms with van der Waals surface area (Å²) in [7, 11) is 0. The molecule has 112 valence electrons. The smallest absolute Gasteiger partial charge is 0.231 e. The van der Waals surface area contributed by atoms with Gasteiger partial charge in [0.05, 0.1) is 11.5 Å². The molecule has 1 aliphatic heterocycles. The number of benzene rings is 1. The third-order valence-corrected chi connectivity index (χ3v) is 4.06. The summed E-state index contributed by atoms with van der Waals surface area (Å²) in [6, 6.07) is 11.8. The van der Waals surface area contributed by atoms with E-state index in [1.165, 1.54) is 0 Å². The van der Waals surface area contributed by atoms with Gasteiger partial charge in [-0.25, -0.2) is 0 Å². The molecule has 5 heteroatoms. The quantitative estimate of drug-likeness (QED) is 0.828. The molecule has 5 nitrogen and oxygen atoms in total. The lowest BCUT2D eigenvalue weighted by molar-refractivity contribution is -0.147. The number of hydrogen-bond acceptors (Lipinski definition) is 4. The normalized spacial score (nSPS) is 17.0. The van der Waals surface area contributed by atoms with Crippen molar-refractivity contribution >= 4 is 5.91 Å². The molecule has 0 radical (unpaired) electrons. The zero-order valence-corrected chi connectivity index (χ0v) is 12.1. The van der Waals surface area contributed by atoms with E-state index in [0.717, 1.165) is 5.56 Å². The largest absolute Gasteiger partial charge is 0.381 e. The van der Waals surface area contributed by atoms with Crippen LogP contribution in [0.1, 0.15) is 18.4 Å². The lowest BCUT2D eigenvalue weighted by atomic mass is 9.78. The molecule has 1 fully saturated rings. The summed E-state index contributed by atoms with van der Waals surface area (Å²) in [5.74, 6) is -0.0290. The van der Waals surface area contributed by atoms with Crippen molar-refractivity contribution < 1.29 is 9.53 Å². The van der Waals surface area contributed by atoms with Crippen LogP contribution in [0.5, 0.6) is 0 Å². The predicted octanol–water partition coefficient (Wildman–Crippen LogP) is 1.29. The zero-order valence-electron chi connectivity index (χ0n) is 12.1. The Hall–Kier alpha value is -1.90. The van der Waals surface area contributed by atoms with E-state index in [2.05, 4.69) is 6.07 Å². The molecule has 0 spiro atoms. The van der Waals surface area contributed by atoms with Gasteiger partial charge in [0.25, 0.3) is 0 Å². The number of nitriles is 1. The molecule has 0 bridgehead atoms. The molecule has 2 rings (SSSR count). The fourth-order valence-electron chi connectivity index (χ4n) is 2.69. The van der Waals surface area contributed by atoms with Crippen molar-refractivity contribution in [1.29, 1.82) is 5.26 Å². The van der Waals surface area contributed by atoms with E-state index in [4.69, 9.17) is 15.7 Å². The van der Waals surface area contributed by atoms with Crippen LogP contribution in [0.3, 0.4) is 0 Å². The number of carbonyl (C=O) groups is 1. The second-order valence-electron chi connectivity index (χ2n) is 5.40. The number of hydrogen-bond donors (Lipinski definition) is 1. The molecule has 0 saturated carbocycles. The number of amides is 1. The lowest BCUT2D eigenvalue weighted by Crippen LogP contribution is -2.50. The van der Waals surface area contributed by atoms with Gasteiger partial charge in [-0.1, -0.05) is 30.3 Å². The molecule has 1 heterocycles. The van der Waals surface area contributed by atoms with E-state index < -0.39 is 5.41 Å². The van der Waals surface area contributed by atoms with Gasteiger partial charge in [-0.3, -0.25) is 4.79 Å². The summed E-state index contributed by atoms with van der Waals surface area (Å²) < 4.78 is 5.34. The highest BCUT2D eigenvalue weighted by molar-refractivity contribution is 5.83. The van der Waals surface area contributed by atoms with Gasteiger partial charge in [-0.2, -0.15) is 5.26 Å². The molecule has 0 aromatic heterocycles. The number of carbonyl (C=O) groups excluding carboxylic acids is 1. The van der Waals surface area contributed by atoms with Gasteiger partial charge < -0.3 is 15.4 Å². The summed E-state index contributed by atoms with van der Waals surface area (Å²) in [4.78, 5) is 14.5. The van der Waals surface area contributed by atoms with E-state index in [-0.39, 0.29) is 12.5 Å².